The van der Waals surface area contributed by atoms with Gasteiger partial charge in [0.25, 0.3) is 0 Å². The highest BCUT2D eigenvalue weighted by atomic mass is 32.2. The van der Waals surface area contributed by atoms with E-state index in [0.717, 1.165) is 19.3 Å². The summed E-state index contributed by atoms with van der Waals surface area (Å²) in [5, 5.41) is 0. The molecule has 17 heavy (non-hydrogen) atoms. The highest BCUT2D eigenvalue weighted by Gasteiger charge is 2.17. The summed E-state index contributed by atoms with van der Waals surface area (Å²) in [4.78, 5) is 10.8. The van der Waals surface area contributed by atoms with Gasteiger partial charge in [0.15, 0.2) is 0 Å². The number of rotatable bonds is 9. The molecule has 0 aliphatic heterocycles. The zero-order chi connectivity index (χ0) is 13.3. The Hall–Kier alpha value is -0.620. The van der Waals surface area contributed by atoms with Crippen LogP contribution in [0.4, 0.5) is 0 Å². The number of hydrogen-bond acceptors (Lipinski definition) is 4. The van der Waals surface area contributed by atoms with Crippen molar-refractivity contribution in [3.63, 3.8) is 0 Å². The maximum absolute atomic E-state index is 11.8. The third kappa shape index (κ3) is 7.33. The summed E-state index contributed by atoms with van der Waals surface area (Å²) in [5.41, 5.74) is 0. The molecule has 0 aliphatic rings. The molecule has 0 bridgehead atoms. The van der Waals surface area contributed by atoms with Crippen LogP contribution in [0.25, 0.3) is 0 Å². The summed E-state index contributed by atoms with van der Waals surface area (Å²) in [5.74, 6) is -0.362. The lowest BCUT2D eigenvalue weighted by Gasteiger charge is -2.16. The van der Waals surface area contributed by atoms with Gasteiger partial charge in [0, 0.05) is 20.0 Å². The van der Waals surface area contributed by atoms with Crippen molar-refractivity contribution in [2.75, 3.05) is 26.5 Å². The molecule has 0 aromatic carbocycles. The molecule has 0 unspecified atom stereocenters. The van der Waals surface area contributed by atoms with Crippen molar-refractivity contribution >= 4 is 16.0 Å². The van der Waals surface area contributed by atoms with Crippen LogP contribution in [-0.2, 0) is 19.6 Å². The second-order valence-corrected chi connectivity index (χ2v) is 6.22. The van der Waals surface area contributed by atoms with Gasteiger partial charge in [-0.3, -0.25) is 4.79 Å². The number of unbranched alkanes of at least 4 members (excludes halogenated alkanes) is 2. The number of carbonyl (C=O) groups is 1. The first-order valence-electron chi connectivity index (χ1n) is 5.95. The van der Waals surface area contributed by atoms with E-state index in [0.29, 0.717) is 13.0 Å². The largest absolute Gasteiger partial charge is 0.469 e. The van der Waals surface area contributed by atoms with E-state index in [1.807, 2.05) is 0 Å². The number of esters is 1. The Morgan fingerprint density at radius 3 is 2.41 bits per heavy atom. The molecule has 0 saturated carbocycles. The number of carbonyl (C=O) groups excluding carboxylic acids is 1. The maximum atomic E-state index is 11.8. The molecular formula is C11H23NO4S. The minimum Gasteiger partial charge on any atom is -0.469 e. The van der Waals surface area contributed by atoms with Crippen LogP contribution < -0.4 is 0 Å². The van der Waals surface area contributed by atoms with Gasteiger partial charge in [0.2, 0.25) is 10.0 Å². The smallest absolute Gasteiger partial charge is 0.305 e. The first-order chi connectivity index (χ1) is 7.94. The SMILES string of the molecule is CCCCCN(C)S(=O)(=O)CCCC(=O)OC. The highest BCUT2D eigenvalue weighted by Crippen LogP contribution is 2.05. The van der Waals surface area contributed by atoms with E-state index in [-0.39, 0.29) is 18.1 Å². The van der Waals surface area contributed by atoms with Gasteiger partial charge in [-0.05, 0) is 12.8 Å². The number of sulfonamides is 1. The summed E-state index contributed by atoms with van der Waals surface area (Å²) >= 11 is 0. The van der Waals surface area contributed by atoms with Crippen LogP contribution >= 0.6 is 0 Å². The molecule has 0 atom stereocenters. The van der Waals surface area contributed by atoms with E-state index in [2.05, 4.69) is 11.7 Å². The van der Waals surface area contributed by atoms with Crippen molar-refractivity contribution in [2.24, 2.45) is 0 Å². The molecule has 0 saturated heterocycles. The minimum absolute atomic E-state index is 0.00469. The van der Waals surface area contributed by atoms with Gasteiger partial charge < -0.3 is 4.74 Å². The first-order valence-corrected chi connectivity index (χ1v) is 7.55. The topological polar surface area (TPSA) is 63.7 Å². The van der Waals surface area contributed by atoms with Crippen LogP contribution in [0.2, 0.25) is 0 Å². The average Bonchev–Trinajstić information content (AvgIpc) is 2.28. The van der Waals surface area contributed by atoms with Crippen LogP contribution in [0, 0.1) is 0 Å². The summed E-state index contributed by atoms with van der Waals surface area (Å²) in [6, 6.07) is 0. The molecule has 102 valence electrons. The Bertz CT molecular complexity index is 313. The molecular weight excluding hydrogens is 242 g/mol. The molecule has 0 N–H and O–H groups in total. The van der Waals surface area contributed by atoms with E-state index in [4.69, 9.17) is 0 Å². The fraction of sp³-hybridized carbons (Fsp3) is 0.909. The normalized spacial score (nSPS) is 11.8. The molecule has 0 aromatic rings. The Balaban J connectivity index is 3.96. The Labute approximate surface area is 104 Å². The van der Waals surface area contributed by atoms with Gasteiger partial charge in [-0.2, -0.15) is 0 Å². The van der Waals surface area contributed by atoms with E-state index in [9.17, 15) is 13.2 Å². The van der Waals surface area contributed by atoms with Crippen LogP contribution in [0.3, 0.4) is 0 Å². The van der Waals surface area contributed by atoms with E-state index in [1.165, 1.54) is 11.4 Å². The van der Waals surface area contributed by atoms with E-state index >= 15 is 0 Å². The quantitative estimate of drug-likeness (QED) is 0.467. The minimum atomic E-state index is -3.22. The summed E-state index contributed by atoms with van der Waals surface area (Å²) in [7, 11) is -0.333. The van der Waals surface area contributed by atoms with Crippen molar-refractivity contribution in [1.82, 2.24) is 4.31 Å². The molecule has 0 radical (unpaired) electrons. The molecule has 0 amide bonds. The Kier molecular flexibility index (Phi) is 8.16. The third-order valence-electron chi connectivity index (χ3n) is 2.56. The fourth-order valence-electron chi connectivity index (χ4n) is 1.38. The van der Waals surface area contributed by atoms with Gasteiger partial charge in [0.1, 0.15) is 0 Å². The van der Waals surface area contributed by atoms with Crippen molar-refractivity contribution in [2.45, 2.75) is 39.0 Å². The predicted octanol–water partition coefficient (Wildman–Crippen LogP) is 1.39. The Morgan fingerprint density at radius 2 is 1.88 bits per heavy atom. The van der Waals surface area contributed by atoms with Gasteiger partial charge >= 0.3 is 5.97 Å². The zero-order valence-corrected chi connectivity index (χ0v) is 11.8. The van der Waals surface area contributed by atoms with Crippen molar-refractivity contribution in [1.29, 1.82) is 0 Å². The Morgan fingerprint density at radius 1 is 1.24 bits per heavy atom. The van der Waals surface area contributed by atoms with E-state index in [1.54, 1.807) is 7.05 Å². The van der Waals surface area contributed by atoms with Crippen molar-refractivity contribution < 1.29 is 17.9 Å². The van der Waals surface area contributed by atoms with Crippen LogP contribution in [0.1, 0.15) is 39.0 Å². The summed E-state index contributed by atoms with van der Waals surface area (Å²) < 4.78 is 29.4. The molecule has 0 spiro atoms. The third-order valence-corrected chi connectivity index (χ3v) is 4.50. The number of hydrogen-bond donors (Lipinski definition) is 0. The van der Waals surface area contributed by atoms with Gasteiger partial charge in [-0.25, -0.2) is 12.7 Å². The second kappa shape index (κ2) is 8.47. The van der Waals surface area contributed by atoms with Gasteiger partial charge in [0.05, 0.1) is 12.9 Å². The predicted molar refractivity (Wildman–Crippen MR) is 67.2 cm³/mol. The van der Waals surface area contributed by atoms with E-state index < -0.39 is 10.0 Å². The van der Waals surface area contributed by atoms with Crippen LogP contribution in [0.5, 0.6) is 0 Å². The van der Waals surface area contributed by atoms with Gasteiger partial charge in [-0.15, -0.1) is 0 Å². The summed E-state index contributed by atoms with van der Waals surface area (Å²) in [6.07, 6.45) is 3.44. The lowest BCUT2D eigenvalue weighted by atomic mass is 10.2. The van der Waals surface area contributed by atoms with Gasteiger partial charge in [-0.1, -0.05) is 19.8 Å². The lowest BCUT2D eigenvalue weighted by Crippen LogP contribution is -2.30. The molecule has 0 rings (SSSR count). The highest BCUT2D eigenvalue weighted by molar-refractivity contribution is 7.89. The molecule has 0 aromatic heterocycles. The lowest BCUT2D eigenvalue weighted by molar-refractivity contribution is -0.140. The molecule has 0 fully saturated rings. The molecule has 0 heterocycles. The zero-order valence-electron chi connectivity index (χ0n) is 10.9. The second-order valence-electron chi connectivity index (χ2n) is 4.02. The number of ether oxygens (including phenoxy) is 1. The monoisotopic (exact) mass is 265 g/mol. The number of methoxy groups -OCH3 is 1. The van der Waals surface area contributed by atoms with Crippen LogP contribution in [0.15, 0.2) is 0 Å². The molecule has 6 heteroatoms. The number of nitrogens with zero attached hydrogens (tertiary/aromatic N) is 1. The molecule has 5 nitrogen and oxygen atoms in total. The first kappa shape index (κ1) is 16.4. The maximum Gasteiger partial charge on any atom is 0.305 e. The summed E-state index contributed by atoms with van der Waals surface area (Å²) in [6.45, 7) is 2.62. The molecule has 0 aliphatic carbocycles. The standard InChI is InChI=1S/C11H23NO4S/c1-4-5-6-9-12(2)17(14,15)10-7-8-11(13)16-3/h4-10H2,1-3H3. The van der Waals surface area contributed by atoms with Crippen molar-refractivity contribution in [3.8, 4) is 0 Å². The van der Waals surface area contributed by atoms with Crippen LogP contribution in [-0.4, -0.2) is 45.1 Å². The average molecular weight is 265 g/mol. The fourth-order valence-corrected chi connectivity index (χ4v) is 2.61. The van der Waals surface area contributed by atoms with Crippen molar-refractivity contribution in [3.05, 3.63) is 0 Å².